The molecule has 0 bridgehead atoms. The Hall–Kier alpha value is -3.99. The maximum absolute atomic E-state index is 14.2. The summed E-state index contributed by atoms with van der Waals surface area (Å²) in [4.78, 5) is 9.96. The molecule has 10 aromatic rings. The molecule has 0 saturated heterocycles. The van der Waals surface area contributed by atoms with Crippen LogP contribution in [0.5, 0.6) is 0 Å². The lowest BCUT2D eigenvalue weighted by atomic mass is 10.1. The average Bonchev–Trinajstić information content (AvgIpc) is 3.81. The van der Waals surface area contributed by atoms with Crippen molar-refractivity contribution in [1.82, 2.24) is 9.97 Å². The second kappa shape index (κ2) is 8.56. The highest BCUT2D eigenvalue weighted by molar-refractivity contribution is 7.95. The quantitative estimate of drug-likeness (QED) is 0.188. The molecular formula is C34H16N2O2S5. The Morgan fingerprint density at radius 2 is 1.02 bits per heavy atom. The number of sulfone groups is 1. The summed E-state index contributed by atoms with van der Waals surface area (Å²) in [6, 6.07) is 28.5. The third kappa shape index (κ3) is 3.31. The van der Waals surface area contributed by atoms with Gasteiger partial charge in [-0.3, -0.25) is 0 Å². The minimum absolute atomic E-state index is 0.355. The maximum atomic E-state index is 14.2. The first kappa shape index (κ1) is 24.5. The van der Waals surface area contributed by atoms with E-state index >= 15 is 0 Å². The van der Waals surface area contributed by atoms with Crippen LogP contribution in [0.2, 0.25) is 0 Å². The van der Waals surface area contributed by atoms with Crippen molar-refractivity contribution in [3.63, 3.8) is 0 Å². The van der Waals surface area contributed by atoms with Gasteiger partial charge in [0.05, 0.1) is 22.1 Å². The Bertz CT molecular complexity index is 2730. The summed E-state index contributed by atoms with van der Waals surface area (Å²) in [6.45, 7) is 0. The van der Waals surface area contributed by atoms with E-state index in [1.165, 1.54) is 32.1 Å². The Morgan fingerprint density at radius 1 is 0.535 bits per heavy atom. The molecule has 0 saturated carbocycles. The van der Waals surface area contributed by atoms with Gasteiger partial charge in [0.2, 0.25) is 9.84 Å². The Balaban J connectivity index is 1.18. The zero-order chi connectivity index (χ0) is 28.4. The summed E-state index contributed by atoms with van der Waals surface area (Å²) in [5, 5.41) is 12.4. The van der Waals surface area contributed by atoms with Gasteiger partial charge < -0.3 is 0 Å². The SMILES string of the molecule is O=S(=O)(c1cc2ccc3nc4c5cccsc5ccc4c3c2s1)c1cc2ccc3nc4c5cccsc5ccc4c3c2s1. The first-order chi connectivity index (χ1) is 21.0. The first-order valence-corrected chi connectivity index (χ1v) is 18.4. The standard InChI is InChI=1S/C34H16N2O2S5/c37-43(38,27-15-17-5-9-23-29(33(17)41-27)21-7-11-25-19(31(21)35-23)3-1-13-39-25)28-16-18-6-10-24-30(34(18)42-28)22-8-12-26-20(32(22)36-24)4-2-14-40-26/h1-16H. The number of thiophene rings is 2. The lowest BCUT2D eigenvalue weighted by Gasteiger charge is -1.98. The van der Waals surface area contributed by atoms with E-state index in [0.29, 0.717) is 8.42 Å². The van der Waals surface area contributed by atoms with E-state index in [0.717, 1.165) is 74.6 Å². The molecule has 0 radical (unpaired) electrons. The molecule has 0 atom stereocenters. The number of benzene rings is 4. The van der Waals surface area contributed by atoms with Crippen molar-refractivity contribution in [2.45, 2.75) is 8.42 Å². The van der Waals surface area contributed by atoms with Gasteiger partial charge in [0.1, 0.15) is 8.42 Å². The predicted octanol–water partition coefficient (Wildman–Crippen LogP) is 10.8. The van der Waals surface area contributed by atoms with Gasteiger partial charge in [-0.05, 0) is 57.9 Å². The van der Waals surface area contributed by atoms with Gasteiger partial charge in [-0.2, -0.15) is 0 Å². The van der Waals surface area contributed by atoms with Crippen LogP contribution in [0.25, 0.3) is 84.0 Å². The summed E-state index contributed by atoms with van der Waals surface area (Å²) >= 11 is 6.08. The van der Waals surface area contributed by atoms with Gasteiger partial charge in [-0.15, -0.1) is 45.3 Å². The monoisotopic (exact) mass is 644 g/mol. The van der Waals surface area contributed by atoms with E-state index < -0.39 is 9.84 Å². The molecule has 0 amide bonds. The molecule has 43 heavy (non-hydrogen) atoms. The summed E-state index contributed by atoms with van der Waals surface area (Å²) in [5.74, 6) is 0. The molecule has 6 aromatic heterocycles. The second-order valence-electron chi connectivity index (χ2n) is 10.6. The first-order valence-electron chi connectivity index (χ1n) is 13.5. The molecule has 204 valence electrons. The van der Waals surface area contributed by atoms with Crippen LogP contribution in [0.15, 0.2) is 104 Å². The second-order valence-corrected chi connectivity index (χ2v) is 17.0. The Kier molecular flexibility index (Phi) is 4.86. The normalized spacial score (nSPS) is 12.8. The molecule has 0 aliphatic heterocycles. The van der Waals surface area contributed by atoms with Crippen molar-refractivity contribution in [3.8, 4) is 0 Å². The van der Waals surface area contributed by atoms with Gasteiger partial charge in [-0.1, -0.05) is 48.5 Å². The van der Waals surface area contributed by atoms with Crippen LogP contribution < -0.4 is 0 Å². The molecule has 4 aromatic carbocycles. The molecule has 0 aliphatic rings. The molecule has 9 heteroatoms. The highest BCUT2D eigenvalue weighted by Gasteiger charge is 2.26. The van der Waals surface area contributed by atoms with Crippen LogP contribution in [0.4, 0.5) is 0 Å². The summed E-state index contributed by atoms with van der Waals surface area (Å²) in [5.41, 5.74) is 3.71. The highest BCUT2D eigenvalue weighted by atomic mass is 32.3. The number of fused-ring (bicyclic) bond motifs is 14. The number of nitrogens with zero attached hydrogens (tertiary/aromatic N) is 2. The molecule has 0 N–H and O–H groups in total. The van der Waals surface area contributed by atoms with Gasteiger partial charge in [0.25, 0.3) is 0 Å². The van der Waals surface area contributed by atoms with E-state index in [1.54, 1.807) is 22.7 Å². The number of hydrogen-bond acceptors (Lipinski definition) is 8. The van der Waals surface area contributed by atoms with Crippen molar-refractivity contribution >= 4 is 139 Å². The van der Waals surface area contributed by atoms with E-state index in [4.69, 9.17) is 9.97 Å². The Morgan fingerprint density at radius 3 is 1.51 bits per heavy atom. The van der Waals surface area contributed by atoms with Crippen LogP contribution in [-0.4, -0.2) is 18.4 Å². The fourth-order valence-corrected chi connectivity index (χ4v) is 12.5. The van der Waals surface area contributed by atoms with Crippen LogP contribution in [0.1, 0.15) is 0 Å². The summed E-state index contributed by atoms with van der Waals surface area (Å²) < 4.78 is 33.4. The number of rotatable bonds is 2. The zero-order valence-electron chi connectivity index (χ0n) is 22.0. The summed E-state index contributed by atoms with van der Waals surface area (Å²) in [6.07, 6.45) is 0. The number of hydrogen-bond donors (Lipinski definition) is 0. The highest BCUT2D eigenvalue weighted by Crippen LogP contribution is 2.45. The van der Waals surface area contributed by atoms with Gasteiger partial charge in [0.15, 0.2) is 0 Å². The third-order valence-corrected chi connectivity index (χ3v) is 15.1. The van der Waals surface area contributed by atoms with E-state index in [-0.39, 0.29) is 0 Å². The van der Waals surface area contributed by atoms with Gasteiger partial charge in [0, 0.05) is 51.1 Å². The van der Waals surface area contributed by atoms with Gasteiger partial charge >= 0.3 is 0 Å². The van der Waals surface area contributed by atoms with Crippen LogP contribution in [0, 0.1) is 0 Å². The van der Waals surface area contributed by atoms with Crippen molar-refractivity contribution in [3.05, 3.63) is 95.7 Å². The molecule has 0 spiro atoms. The number of aromatic nitrogens is 2. The third-order valence-electron chi connectivity index (χ3n) is 8.24. The fraction of sp³-hybridized carbons (Fsp3) is 0. The van der Waals surface area contributed by atoms with E-state index in [9.17, 15) is 8.42 Å². The molecule has 0 fully saturated rings. The minimum atomic E-state index is -3.74. The van der Waals surface area contributed by atoms with E-state index in [1.807, 2.05) is 48.5 Å². The smallest absolute Gasteiger partial charge is 0.225 e. The summed E-state index contributed by atoms with van der Waals surface area (Å²) in [7, 11) is -3.74. The Labute approximate surface area is 260 Å². The van der Waals surface area contributed by atoms with Crippen LogP contribution >= 0.6 is 45.3 Å². The fourth-order valence-electron chi connectivity index (χ4n) is 6.30. The van der Waals surface area contributed by atoms with Crippen molar-refractivity contribution in [1.29, 1.82) is 0 Å². The lowest BCUT2D eigenvalue weighted by Crippen LogP contribution is -1.95. The molecule has 10 rings (SSSR count). The van der Waals surface area contributed by atoms with Crippen LogP contribution in [-0.2, 0) is 9.84 Å². The molecule has 0 unspecified atom stereocenters. The molecule has 0 aliphatic carbocycles. The topological polar surface area (TPSA) is 59.9 Å². The van der Waals surface area contributed by atoms with Gasteiger partial charge in [-0.25, -0.2) is 18.4 Å². The van der Waals surface area contributed by atoms with Crippen LogP contribution in [0.3, 0.4) is 0 Å². The average molecular weight is 645 g/mol. The van der Waals surface area contributed by atoms with Crippen molar-refractivity contribution in [2.24, 2.45) is 0 Å². The largest absolute Gasteiger partial charge is 0.247 e. The molecule has 6 heterocycles. The predicted molar refractivity (Wildman–Crippen MR) is 185 cm³/mol. The molecule has 4 nitrogen and oxygen atoms in total. The molecular weight excluding hydrogens is 629 g/mol. The minimum Gasteiger partial charge on any atom is -0.247 e. The van der Waals surface area contributed by atoms with Crippen molar-refractivity contribution < 1.29 is 8.42 Å². The zero-order valence-corrected chi connectivity index (χ0v) is 26.1. The lowest BCUT2D eigenvalue weighted by molar-refractivity contribution is 0.600. The maximum Gasteiger partial charge on any atom is 0.225 e. The van der Waals surface area contributed by atoms with E-state index in [2.05, 4.69) is 47.2 Å². The van der Waals surface area contributed by atoms with Crippen molar-refractivity contribution in [2.75, 3.05) is 0 Å².